The van der Waals surface area contributed by atoms with Gasteiger partial charge in [-0.05, 0) is 38.5 Å². The van der Waals surface area contributed by atoms with Crippen LogP contribution in [0.15, 0.2) is 12.2 Å². The van der Waals surface area contributed by atoms with Crippen molar-refractivity contribution in [3.8, 4) is 0 Å². The zero-order valence-electron chi connectivity index (χ0n) is 29.9. The number of carbonyl (C=O) groups is 2. The average molecular weight is 655 g/mol. The Bertz CT molecular complexity index is 668. The summed E-state index contributed by atoms with van der Waals surface area (Å²) in [6, 6.07) is 0. The standard InChI is InChI=1S/C39H75O5P/c1-3-5-7-9-11-13-15-17-19-21-23-25-27-29-31-33-37(41)43-36(35-40)39(45)44-38(42)34-32-30-28-26-24-22-20-18-16-14-12-10-8-6-4-2/h18,20,36,39-40H,3-17,19,21-35,45H2,1-2H3. The highest BCUT2D eigenvalue weighted by atomic mass is 31.0. The van der Waals surface area contributed by atoms with Gasteiger partial charge in [-0.25, -0.2) is 0 Å². The van der Waals surface area contributed by atoms with Crippen LogP contribution >= 0.6 is 9.24 Å². The van der Waals surface area contributed by atoms with Crippen molar-refractivity contribution in [1.29, 1.82) is 0 Å². The molecule has 0 bridgehead atoms. The Morgan fingerprint density at radius 2 is 0.822 bits per heavy atom. The molecule has 0 aliphatic carbocycles. The minimum atomic E-state index is -0.836. The fraction of sp³-hybridized carbons (Fsp3) is 0.897. The molecule has 0 aliphatic heterocycles. The molecule has 0 radical (unpaired) electrons. The first kappa shape index (κ1) is 44.1. The minimum absolute atomic E-state index is 0.301. The monoisotopic (exact) mass is 655 g/mol. The SMILES string of the molecule is CCCCCCCCC=CCCCCCCCC(=O)OC(P)C(CO)OC(=O)CCCCCCCCCCCCCCCCC. The van der Waals surface area contributed by atoms with Crippen molar-refractivity contribution in [2.45, 2.75) is 218 Å². The molecule has 0 aliphatic rings. The average Bonchev–Trinajstić information content (AvgIpc) is 3.03. The van der Waals surface area contributed by atoms with Crippen LogP contribution in [0.3, 0.4) is 0 Å². The van der Waals surface area contributed by atoms with Crippen molar-refractivity contribution in [3.63, 3.8) is 0 Å². The lowest BCUT2D eigenvalue weighted by molar-refractivity contribution is -0.164. The second kappa shape index (κ2) is 35.9. The number of unbranched alkanes of at least 4 members (excludes halogenated alkanes) is 25. The summed E-state index contributed by atoms with van der Waals surface area (Å²) in [4.78, 5) is 24.5. The molecule has 266 valence electrons. The molecule has 0 rings (SSSR count). The Morgan fingerprint density at radius 1 is 0.511 bits per heavy atom. The van der Waals surface area contributed by atoms with E-state index in [1.807, 2.05) is 0 Å². The number of hydrogen-bond donors (Lipinski definition) is 1. The predicted octanol–water partition coefficient (Wildman–Crippen LogP) is 11.9. The minimum Gasteiger partial charge on any atom is -0.456 e. The fourth-order valence-corrected chi connectivity index (χ4v) is 6.06. The smallest absolute Gasteiger partial charge is 0.306 e. The molecule has 1 N–H and O–H groups in total. The van der Waals surface area contributed by atoms with Gasteiger partial charge in [0, 0.05) is 12.8 Å². The summed E-state index contributed by atoms with van der Waals surface area (Å²) in [5.74, 6) is -1.36. The van der Waals surface area contributed by atoms with Crippen molar-refractivity contribution >= 4 is 21.2 Å². The maximum atomic E-state index is 12.3. The van der Waals surface area contributed by atoms with Gasteiger partial charge >= 0.3 is 11.9 Å². The maximum Gasteiger partial charge on any atom is 0.306 e. The Labute approximate surface area is 282 Å². The van der Waals surface area contributed by atoms with E-state index in [4.69, 9.17) is 9.47 Å². The van der Waals surface area contributed by atoms with Crippen LogP contribution in [-0.4, -0.2) is 35.6 Å². The maximum absolute atomic E-state index is 12.3. The van der Waals surface area contributed by atoms with E-state index in [1.54, 1.807) is 0 Å². The second-order valence-electron chi connectivity index (χ2n) is 13.2. The highest BCUT2D eigenvalue weighted by Gasteiger charge is 2.24. The largest absolute Gasteiger partial charge is 0.456 e. The summed E-state index contributed by atoms with van der Waals surface area (Å²) < 4.78 is 10.9. The lowest BCUT2D eigenvalue weighted by atomic mass is 10.0. The molecule has 0 amide bonds. The van der Waals surface area contributed by atoms with Crippen LogP contribution in [0, 0.1) is 0 Å². The first-order valence-corrected chi connectivity index (χ1v) is 20.1. The number of rotatable bonds is 35. The highest BCUT2D eigenvalue weighted by Crippen LogP contribution is 2.17. The Hall–Kier alpha value is -0.930. The first-order valence-electron chi connectivity index (χ1n) is 19.5. The van der Waals surface area contributed by atoms with Gasteiger partial charge in [-0.15, -0.1) is 0 Å². The van der Waals surface area contributed by atoms with Gasteiger partial charge in [0.1, 0.15) is 0 Å². The number of allylic oxidation sites excluding steroid dienone is 2. The van der Waals surface area contributed by atoms with Crippen LogP contribution in [0.4, 0.5) is 0 Å². The zero-order chi connectivity index (χ0) is 33.1. The predicted molar refractivity (Wildman–Crippen MR) is 196 cm³/mol. The Balaban J connectivity index is 3.66. The number of carbonyl (C=O) groups excluding carboxylic acids is 2. The third-order valence-electron chi connectivity index (χ3n) is 8.72. The molecule has 0 aromatic rings. The third kappa shape index (κ3) is 32.8. The van der Waals surface area contributed by atoms with Crippen LogP contribution in [-0.2, 0) is 19.1 Å². The summed E-state index contributed by atoms with van der Waals surface area (Å²) in [5.41, 5.74) is 0. The molecule has 0 aromatic heterocycles. The van der Waals surface area contributed by atoms with Crippen molar-refractivity contribution in [1.82, 2.24) is 0 Å². The van der Waals surface area contributed by atoms with Crippen LogP contribution in [0.2, 0.25) is 0 Å². The molecule has 5 nitrogen and oxygen atoms in total. The lowest BCUT2D eigenvalue weighted by Crippen LogP contribution is -2.34. The third-order valence-corrected chi connectivity index (χ3v) is 9.29. The topological polar surface area (TPSA) is 72.8 Å². The van der Waals surface area contributed by atoms with Crippen LogP contribution < -0.4 is 0 Å². The van der Waals surface area contributed by atoms with Crippen molar-refractivity contribution in [2.24, 2.45) is 0 Å². The molecule has 0 aromatic carbocycles. The molecule has 3 unspecified atom stereocenters. The van der Waals surface area contributed by atoms with Gasteiger partial charge < -0.3 is 14.6 Å². The second-order valence-corrected chi connectivity index (χ2v) is 13.9. The first-order chi connectivity index (χ1) is 22.0. The van der Waals surface area contributed by atoms with Gasteiger partial charge in [-0.2, -0.15) is 0 Å². The fourth-order valence-electron chi connectivity index (χ4n) is 5.70. The number of aliphatic hydroxyl groups is 1. The summed E-state index contributed by atoms with van der Waals surface area (Å²) in [6.45, 7) is 4.17. The molecule has 0 spiro atoms. The van der Waals surface area contributed by atoms with Crippen molar-refractivity contribution in [2.75, 3.05) is 6.61 Å². The van der Waals surface area contributed by atoms with E-state index < -0.39 is 11.9 Å². The van der Waals surface area contributed by atoms with Gasteiger partial charge in [0.2, 0.25) is 0 Å². The van der Waals surface area contributed by atoms with Gasteiger partial charge in [0.05, 0.1) is 6.61 Å². The van der Waals surface area contributed by atoms with E-state index in [0.717, 1.165) is 44.9 Å². The van der Waals surface area contributed by atoms with Crippen molar-refractivity contribution < 1.29 is 24.2 Å². The molecule has 3 atom stereocenters. The highest BCUT2D eigenvalue weighted by molar-refractivity contribution is 7.17. The molecule has 0 saturated heterocycles. The van der Waals surface area contributed by atoms with E-state index in [0.29, 0.717) is 12.8 Å². The van der Waals surface area contributed by atoms with E-state index in [1.165, 1.54) is 135 Å². The lowest BCUT2D eigenvalue weighted by Gasteiger charge is -2.22. The normalized spacial score (nSPS) is 12.9. The Kier molecular flexibility index (Phi) is 35.2. The van der Waals surface area contributed by atoms with E-state index in [9.17, 15) is 14.7 Å². The molecule has 45 heavy (non-hydrogen) atoms. The molecular formula is C39H75O5P. The molecular weight excluding hydrogens is 579 g/mol. The quantitative estimate of drug-likeness (QED) is 0.0319. The number of hydrogen-bond acceptors (Lipinski definition) is 5. The van der Waals surface area contributed by atoms with Crippen molar-refractivity contribution in [3.05, 3.63) is 12.2 Å². The molecule has 0 saturated carbocycles. The van der Waals surface area contributed by atoms with Crippen LogP contribution in [0.25, 0.3) is 0 Å². The van der Waals surface area contributed by atoms with Gasteiger partial charge in [0.25, 0.3) is 0 Å². The van der Waals surface area contributed by atoms with E-state index in [2.05, 4.69) is 35.2 Å². The van der Waals surface area contributed by atoms with Gasteiger partial charge in [-0.1, -0.05) is 176 Å². The summed E-state index contributed by atoms with van der Waals surface area (Å²) in [6.07, 6.45) is 39.5. The van der Waals surface area contributed by atoms with Crippen LogP contribution in [0.5, 0.6) is 0 Å². The number of ether oxygens (including phenoxy) is 2. The molecule has 0 fully saturated rings. The van der Waals surface area contributed by atoms with E-state index >= 15 is 0 Å². The summed E-state index contributed by atoms with van der Waals surface area (Å²) >= 11 is 0. The number of esters is 2. The summed E-state index contributed by atoms with van der Waals surface area (Å²) in [5, 5.41) is 9.69. The summed E-state index contributed by atoms with van der Waals surface area (Å²) in [7, 11) is 2.40. The Morgan fingerprint density at radius 3 is 1.18 bits per heavy atom. The molecule has 6 heteroatoms. The van der Waals surface area contributed by atoms with E-state index in [-0.39, 0.29) is 18.5 Å². The van der Waals surface area contributed by atoms with Gasteiger partial charge in [0.15, 0.2) is 11.9 Å². The van der Waals surface area contributed by atoms with Gasteiger partial charge in [-0.3, -0.25) is 9.59 Å². The zero-order valence-corrected chi connectivity index (χ0v) is 31.0. The molecule has 0 heterocycles. The number of aliphatic hydroxyl groups excluding tert-OH is 1. The van der Waals surface area contributed by atoms with Crippen LogP contribution in [0.1, 0.15) is 206 Å².